The van der Waals surface area contributed by atoms with Crippen LogP contribution in [0.1, 0.15) is 0 Å². The van der Waals surface area contributed by atoms with E-state index in [1.54, 1.807) is 32.8 Å². The highest BCUT2D eigenvalue weighted by molar-refractivity contribution is 6.45. The number of benzene rings is 1. The molecule has 2 aromatic heterocycles. The zero-order valence-electron chi connectivity index (χ0n) is 14.1. The molecule has 3 rings (SSSR count). The van der Waals surface area contributed by atoms with E-state index in [-0.39, 0.29) is 6.29 Å². The number of halogens is 2. The van der Waals surface area contributed by atoms with Gasteiger partial charge in [0, 0.05) is 45.1 Å². The van der Waals surface area contributed by atoms with Crippen LogP contribution in [-0.2, 0) is 9.47 Å². The Bertz CT molecular complexity index is 867. The molecular formula is C17H18Cl2N4O2. The average molecular weight is 381 g/mol. The maximum atomic E-state index is 6.41. The van der Waals surface area contributed by atoms with Crippen LogP contribution in [0.25, 0.3) is 16.6 Å². The molecule has 25 heavy (non-hydrogen) atoms. The molecule has 0 aliphatic heterocycles. The van der Waals surface area contributed by atoms with Gasteiger partial charge in [-0.1, -0.05) is 23.2 Å². The van der Waals surface area contributed by atoms with Gasteiger partial charge in [-0.2, -0.15) is 0 Å². The summed E-state index contributed by atoms with van der Waals surface area (Å²) in [6.45, 7) is 0.507. The van der Waals surface area contributed by atoms with Crippen LogP contribution in [0, 0.1) is 0 Å². The van der Waals surface area contributed by atoms with Crippen LogP contribution in [0.5, 0.6) is 0 Å². The minimum absolute atomic E-state index is 0.367. The quantitative estimate of drug-likeness (QED) is 0.609. The van der Waals surface area contributed by atoms with Crippen molar-refractivity contribution in [3.8, 4) is 5.69 Å². The van der Waals surface area contributed by atoms with Crippen molar-refractivity contribution in [3.05, 3.63) is 47.0 Å². The molecule has 6 nitrogen and oxygen atoms in total. The molecular weight excluding hydrogens is 363 g/mol. The Morgan fingerprint density at radius 3 is 2.64 bits per heavy atom. The average Bonchev–Trinajstić information content (AvgIpc) is 3.16. The first-order valence-electron chi connectivity index (χ1n) is 7.59. The summed E-state index contributed by atoms with van der Waals surface area (Å²) in [5.41, 5.74) is 1.54. The van der Waals surface area contributed by atoms with Crippen molar-refractivity contribution in [2.24, 2.45) is 0 Å². The number of fused-ring (bicyclic) bond motifs is 1. The van der Waals surface area contributed by atoms with Crippen molar-refractivity contribution < 1.29 is 9.47 Å². The number of anilines is 1. The van der Waals surface area contributed by atoms with Crippen molar-refractivity contribution in [2.45, 2.75) is 6.29 Å². The van der Waals surface area contributed by atoms with Gasteiger partial charge in [0.25, 0.3) is 0 Å². The zero-order chi connectivity index (χ0) is 18.0. The lowest BCUT2D eigenvalue weighted by atomic mass is 10.1. The third-order valence-electron chi connectivity index (χ3n) is 3.96. The van der Waals surface area contributed by atoms with E-state index in [1.165, 1.54) is 0 Å². The number of nitrogens with zero attached hydrogens (tertiary/aromatic N) is 4. The molecule has 0 spiro atoms. The lowest BCUT2D eigenvalue weighted by molar-refractivity contribution is -0.0944. The van der Waals surface area contributed by atoms with Crippen LogP contribution >= 0.6 is 23.2 Å². The number of pyridine rings is 1. The predicted octanol–water partition coefficient (Wildman–Crippen LogP) is 3.78. The molecule has 0 saturated carbocycles. The normalized spacial score (nSPS) is 11.4. The molecule has 0 bridgehead atoms. The largest absolute Gasteiger partial charge is 0.354 e. The standard InChI is InChI=1S/C17H18Cl2N4O2/c1-22(9-15(24-2)25-3)14-8-13(23-7-6-20-10-23)11-4-5-12(18)16(19)17(11)21-14/h4-8,10,15H,9H2,1-3H3. The van der Waals surface area contributed by atoms with Crippen LogP contribution in [0.15, 0.2) is 36.9 Å². The Kier molecular flexibility index (Phi) is 5.44. The van der Waals surface area contributed by atoms with E-state index in [9.17, 15) is 0 Å². The molecule has 0 unspecified atom stereocenters. The van der Waals surface area contributed by atoms with Gasteiger partial charge in [0.05, 0.1) is 34.1 Å². The van der Waals surface area contributed by atoms with Gasteiger partial charge >= 0.3 is 0 Å². The molecule has 2 heterocycles. The summed E-state index contributed by atoms with van der Waals surface area (Å²) in [5.74, 6) is 0.722. The minimum atomic E-state index is -0.367. The van der Waals surface area contributed by atoms with E-state index in [0.717, 1.165) is 16.9 Å². The number of imidazole rings is 1. The van der Waals surface area contributed by atoms with Gasteiger partial charge in [-0.25, -0.2) is 9.97 Å². The molecule has 8 heteroatoms. The third-order valence-corrected chi connectivity index (χ3v) is 4.75. The Hall–Kier alpha value is -1.86. The number of methoxy groups -OCH3 is 2. The first-order chi connectivity index (χ1) is 12.0. The predicted molar refractivity (Wildman–Crippen MR) is 100.0 cm³/mol. The van der Waals surface area contributed by atoms with Crippen LogP contribution in [0.3, 0.4) is 0 Å². The monoisotopic (exact) mass is 380 g/mol. The SMILES string of the molecule is COC(CN(C)c1cc(-n2ccnc2)c2ccc(Cl)c(Cl)c2n1)OC. The van der Waals surface area contributed by atoms with Crippen molar-refractivity contribution >= 4 is 39.9 Å². The summed E-state index contributed by atoms with van der Waals surface area (Å²) in [4.78, 5) is 10.8. The molecule has 0 radical (unpaired) electrons. The lowest BCUT2D eigenvalue weighted by Crippen LogP contribution is -2.32. The Labute approximate surface area is 155 Å². The maximum Gasteiger partial charge on any atom is 0.174 e. The van der Waals surface area contributed by atoms with Gasteiger partial charge in [-0.15, -0.1) is 0 Å². The van der Waals surface area contributed by atoms with Gasteiger partial charge in [0.1, 0.15) is 5.82 Å². The molecule has 1 aromatic carbocycles. The minimum Gasteiger partial charge on any atom is -0.354 e. The van der Waals surface area contributed by atoms with E-state index < -0.39 is 0 Å². The maximum absolute atomic E-state index is 6.41. The highest BCUT2D eigenvalue weighted by Gasteiger charge is 2.16. The van der Waals surface area contributed by atoms with Crippen molar-refractivity contribution in [3.63, 3.8) is 0 Å². The van der Waals surface area contributed by atoms with Crippen LogP contribution in [0.2, 0.25) is 10.0 Å². The molecule has 0 saturated heterocycles. The van der Waals surface area contributed by atoms with Crippen LogP contribution < -0.4 is 4.90 Å². The van der Waals surface area contributed by atoms with Crippen LogP contribution in [-0.4, -0.2) is 48.6 Å². The van der Waals surface area contributed by atoms with Gasteiger partial charge in [0.2, 0.25) is 0 Å². The number of ether oxygens (including phenoxy) is 2. The fourth-order valence-electron chi connectivity index (χ4n) is 2.58. The smallest absolute Gasteiger partial charge is 0.174 e. The summed E-state index contributed by atoms with van der Waals surface area (Å²) in [6.07, 6.45) is 4.95. The molecule has 132 valence electrons. The van der Waals surface area contributed by atoms with Crippen LogP contribution in [0.4, 0.5) is 5.82 Å². The second-order valence-electron chi connectivity index (χ2n) is 5.51. The fraction of sp³-hybridized carbons (Fsp3) is 0.294. The number of hydrogen-bond acceptors (Lipinski definition) is 5. The molecule has 0 amide bonds. The van der Waals surface area contributed by atoms with E-state index >= 15 is 0 Å². The zero-order valence-corrected chi connectivity index (χ0v) is 15.6. The van der Waals surface area contributed by atoms with E-state index in [1.807, 2.05) is 34.8 Å². The Morgan fingerprint density at radius 1 is 1.24 bits per heavy atom. The van der Waals surface area contributed by atoms with Gasteiger partial charge in [0.15, 0.2) is 6.29 Å². The van der Waals surface area contributed by atoms with Crippen molar-refractivity contribution in [2.75, 3.05) is 32.7 Å². The molecule has 3 aromatic rings. The Balaban J connectivity index is 2.15. The lowest BCUT2D eigenvalue weighted by Gasteiger charge is -2.24. The summed E-state index contributed by atoms with van der Waals surface area (Å²) in [6, 6.07) is 5.64. The first-order valence-corrected chi connectivity index (χ1v) is 8.34. The summed E-state index contributed by atoms with van der Waals surface area (Å²) >= 11 is 12.6. The second kappa shape index (κ2) is 7.58. The second-order valence-corrected chi connectivity index (χ2v) is 6.29. The third kappa shape index (κ3) is 3.57. The van der Waals surface area contributed by atoms with Gasteiger partial charge in [-0.3, -0.25) is 0 Å². The Morgan fingerprint density at radius 2 is 2.00 bits per heavy atom. The number of likely N-dealkylation sites (N-methyl/N-ethyl adjacent to an activating group) is 1. The molecule has 0 N–H and O–H groups in total. The topological polar surface area (TPSA) is 52.4 Å². The van der Waals surface area contributed by atoms with Gasteiger partial charge in [-0.05, 0) is 12.1 Å². The molecule has 0 aliphatic carbocycles. The molecule has 0 aliphatic rings. The van der Waals surface area contributed by atoms with Crippen molar-refractivity contribution in [1.82, 2.24) is 14.5 Å². The number of hydrogen-bond donors (Lipinski definition) is 0. The van der Waals surface area contributed by atoms with E-state index in [0.29, 0.717) is 22.1 Å². The van der Waals surface area contributed by atoms with E-state index in [2.05, 4.69) is 4.98 Å². The summed E-state index contributed by atoms with van der Waals surface area (Å²) in [7, 11) is 5.11. The van der Waals surface area contributed by atoms with Crippen molar-refractivity contribution in [1.29, 1.82) is 0 Å². The summed E-state index contributed by atoms with van der Waals surface area (Å²) < 4.78 is 12.5. The number of rotatable bonds is 6. The first kappa shape index (κ1) is 17.9. The molecule has 0 atom stereocenters. The molecule has 0 fully saturated rings. The fourth-order valence-corrected chi connectivity index (χ4v) is 2.94. The highest BCUT2D eigenvalue weighted by atomic mass is 35.5. The van der Waals surface area contributed by atoms with E-state index in [4.69, 9.17) is 37.7 Å². The number of aromatic nitrogens is 3. The highest BCUT2D eigenvalue weighted by Crippen LogP contribution is 2.34. The summed E-state index contributed by atoms with van der Waals surface area (Å²) in [5, 5.41) is 1.77. The van der Waals surface area contributed by atoms with Gasteiger partial charge < -0.3 is 18.9 Å².